The molecule has 3 rings (SSSR count). The third-order valence-electron chi connectivity index (χ3n) is 7.61. The van der Waals surface area contributed by atoms with Gasteiger partial charge in [0.25, 0.3) is 0 Å². The molecule has 8 N–H and O–H groups in total. The standard InChI is InChI=1S/C31H43N7O5/c1-5-20-17-38(29(41)24(36-26(39)14-18(2)3)12-8-9-13-34-31(32)33)27(19(20)4)28(40)37-25(30(42)43)15-21-16-35-23-11-7-6-10-22(21)23/h5-7,10-11,14,16,19,24-25,27,35H,8-9,12-13,15,17H2,1-4H3,(H,36,39)(H,37,40)(H,42,43)(H4,32,33,34). The monoisotopic (exact) mass is 593 g/mol. The molecule has 2 aromatic rings. The van der Waals surface area contributed by atoms with Crippen molar-refractivity contribution in [2.45, 2.75) is 71.5 Å². The SMILES string of the molecule is CC=C1CN(C(=O)C(CCCCN=C(N)N)NC(=O)C=C(C)C)C(C(=O)NC(Cc2c[nH]c3ccccc23)C(=O)O)C1C. The van der Waals surface area contributed by atoms with Crippen molar-refractivity contribution in [2.24, 2.45) is 22.4 Å². The first-order chi connectivity index (χ1) is 20.4. The minimum absolute atomic E-state index is 0.0207. The Morgan fingerprint density at radius 3 is 2.51 bits per heavy atom. The molecule has 0 bridgehead atoms. The maximum Gasteiger partial charge on any atom is 0.326 e. The molecule has 3 amide bonds. The second-order valence-electron chi connectivity index (χ2n) is 11.1. The molecule has 12 heteroatoms. The number of carbonyl (C=O) groups is 4. The van der Waals surface area contributed by atoms with Gasteiger partial charge in [-0.05, 0) is 57.2 Å². The number of hydrogen-bond acceptors (Lipinski definition) is 5. The molecule has 1 fully saturated rings. The molecule has 0 radical (unpaired) electrons. The van der Waals surface area contributed by atoms with Gasteiger partial charge in [-0.3, -0.25) is 19.4 Å². The highest BCUT2D eigenvalue weighted by molar-refractivity contribution is 5.97. The zero-order chi connectivity index (χ0) is 31.7. The quantitative estimate of drug-likeness (QED) is 0.0671. The van der Waals surface area contributed by atoms with Crippen LogP contribution in [-0.2, 0) is 25.6 Å². The molecule has 0 spiro atoms. The average Bonchev–Trinajstić information content (AvgIpc) is 3.51. The van der Waals surface area contributed by atoms with E-state index in [1.165, 1.54) is 11.0 Å². The van der Waals surface area contributed by atoms with Gasteiger partial charge in [0.15, 0.2) is 5.96 Å². The minimum atomic E-state index is -1.21. The van der Waals surface area contributed by atoms with Crippen LogP contribution >= 0.6 is 0 Å². The number of nitrogens with one attached hydrogen (secondary N) is 3. The molecular formula is C31H43N7O5. The Morgan fingerprint density at radius 1 is 1.14 bits per heavy atom. The molecule has 1 aromatic carbocycles. The second kappa shape index (κ2) is 15.0. The number of guanidine groups is 1. The molecule has 1 aliphatic rings. The Labute approximate surface area is 251 Å². The Morgan fingerprint density at radius 2 is 1.86 bits per heavy atom. The average molecular weight is 594 g/mol. The summed E-state index contributed by atoms with van der Waals surface area (Å²) in [4.78, 5) is 61.2. The van der Waals surface area contributed by atoms with E-state index in [1.54, 1.807) is 20.0 Å². The molecular weight excluding hydrogens is 550 g/mol. The molecule has 43 heavy (non-hydrogen) atoms. The van der Waals surface area contributed by atoms with Gasteiger partial charge in [0.1, 0.15) is 18.1 Å². The summed E-state index contributed by atoms with van der Waals surface area (Å²) in [5, 5.41) is 16.4. The number of aliphatic carboxylic acids is 1. The van der Waals surface area contributed by atoms with Crippen molar-refractivity contribution in [3.63, 3.8) is 0 Å². The fourth-order valence-corrected chi connectivity index (χ4v) is 5.43. The highest BCUT2D eigenvalue weighted by atomic mass is 16.4. The lowest BCUT2D eigenvalue weighted by atomic mass is 9.96. The highest BCUT2D eigenvalue weighted by Crippen LogP contribution is 2.31. The number of carboxylic acid groups (broad SMARTS) is 1. The van der Waals surface area contributed by atoms with E-state index in [1.807, 2.05) is 44.2 Å². The molecule has 2 heterocycles. The molecule has 232 valence electrons. The summed E-state index contributed by atoms with van der Waals surface area (Å²) < 4.78 is 0. The van der Waals surface area contributed by atoms with Crippen LogP contribution in [0.4, 0.5) is 0 Å². The van der Waals surface area contributed by atoms with E-state index in [4.69, 9.17) is 11.5 Å². The van der Waals surface area contributed by atoms with E-state index in [9.17, 15) is 24.3 Å². The van der Waals surface area contributed by atoms with Crippen LogP contribution in [0.25, 0.3) is 10.9 Å². The number of likely N-dealkylation sites (tertiary alicyclic amines) is 1. The minimum Gasteiger partial charge on any atom is -0.480 e. The number of fused-ring (bicyclic) bond motifs is 1. The van der Waals surface area contributed by atoms with Gasteiger partial charge in [-0.1, -0.05) is 36.8 Å². The molecule has 12 nitrogen and oxygen atoms in total. The molecule has 1 aliphatic heterocycles. The van der Waals surface area contributed by atoms with Crippen LogP contribution in [0.2, 0.25) is 0 Å². The third-order valence-corrected chi connectivity index (χ3v) is 7.61. The van der Waals surface area contributed by atoms with Crippen LogP contribution in [-0.4, -0.2) is 75.9 Å². The van der Waals surface area contributed by atoms with Gasteiger partial charge in [-0.25, -0.2) is 4.79 Å². The largest absolute Gasteiger partial charge is 0.480 e. The van der Waals surface area contributed by atoms with Gasteiger partial charge in [0, 0.05) is 48.6 Å². The van der Waals surface area contributed by atoms with E-state index >= 15 is 0 Å². The van der Waals surface area contributed by atoms with Crippen molar-refractivity contribution in [1.29, 1.82) is 0 Å². The summed E-state index contributed by atoms with van der Waals surface area (Å²) in [6.45, 7) is 7.81. The van der Waals surface area contributed by atoms with Gasteiger partial charge >= 0.3 is 5.97 Å². The fourth-order valence-electron chi connectivity index (χ4n) is 5.43. The van der Waals surface area contributed by atoms with Crippen LogP contribution < -0.4 is 22.1 Å². The van der Waals surface area contributed by atoms with Gasteiger partial charge in [-0.15, -0.1) is 0 Å². The first kappa shape index (κ1) is 32.9. The number of hydrogen-bond donors (Lipinski definition) is 6. The first-order valence-electron chi connectivity index (χ1n) is 14.5. The zero-order valence-electron chi connectivity index (χ0n) is 25.2. The second-order valence-corrected chi connectivity index (χ2v) is 11.1. The predicted molar refractivity (Wildman–Crippen MR) is 166 cm³/mol. The van der Waals surface area contributed by atoms with E-state index in [-0.39, 0.29) is 24.8 Å². The number of para-hydroxylation sites is 1. The van der Waals surface area contributed by atoms with Crippen molar-refractivity contribution in [3.8, 4) is 0 Å². The van der Waals surface area contributed by atoms with Crippen molar-refractivity contribution in [3.05, 3.63) is 59.3 Å². The summed E-state index contributed by atoms with van der Waals surface area (Å²) >= 11 is 0. The van der Waals surface area contributed by atoms with Crippen LogP contribution in [0.3, 0.4) is 0 Å². The van der Waals surface area contributed by atoms with Crippen LogP contribution in [0.15, 0.2) is 58.8 Å². The molecule has 0 aliphatic carbocycles. The summed E-state index contributed by atoms with van der Waals surface area (Å²) in [6.07, 6.45) is 6.53. The normalized spacial score (nSPS) is 18.6. The Balaban J connectivity index is 1.83. The lowest BCUT2D eigenvalue weighted by Crippen LogP contribution is -2.56. The number of benzene rings is 1. The predicted octanol–water partition coefficient (Wildman–Crippen LogP) is 1.97. The third kappa shape index (κ3) is 8.69. The number of rotatable bonds is 13. The number of nitrogens with two attached hydrogens (primary N) is 2. The Kier molecular flexibility index (Phi) is 11.5. The van der Waals surface area contributed by atoms with Gasteiger partial charge in [0.2, 0.25) is 17.7 Å². The number of nitrogens with zero attached hydrogens (tertiary/aromatic N) is 2. The summed E-state index contributed by atoms with van der Waals surface area (Å²) in [7, 11) is 0. The fraction of sp³-hybridized carbons (Fsp3) is 0.452. The van der Waals surface area contributed by atoms with E-state index in [0.717, 1.165) is 27.6 Å². The molecule has 1 aromatic heterocycles. The van der Waals surface area contributed by atoms with Crippen LogP contribution in [0.1, 0.15) is 52.5 Å². The molecule has 0 saturated carbocycles. The van der Waals surface area contributed by atoms with E-state index in [2.05, 4.69) is 20.6 Å². The van der Waals surface area contributed by atoms with Gasteiger partial charge in [0.05, 0.1) is 0 Å². The maximum atomic E-state index is 14.0. The number of aromatic amines is 1. The topological polar surface area (TPSA) is 196 Å². The lowest BCUT2D eigenvalue weighted by molar-refractivity contribution is -0.145. The first-order valence-corrected chi connectivity index (χ1v) is 14.5. The number of carbonyl (C=O) groups excluding carboxylic acids is 3. The van der Waals surface area contributed by atoms with Crippen molar-refractivity contribution >= 4 is 40.6 Å². The smallest absolute Gasteiger partial charge is 0.326 e. The Bertz CT molecular complexity index is 1420. The van der Waals surface area contributed by atoms with Crippen molar-refractivity contribution in [1.82, 2.24) is 20.5 Å². The zero-order valence-corrected chi connectivity index (χ0v) is 25.2. The summed E-state index contributed by atoms with van der Waals surface area (Å²) in [5.74, 6) is -2.94. The number of allylic oxidation sites excluding steroid dienone is 2. The Hall–Kier alpha value is -4.61. The number of H-pyrrole nitrogens is 1. The summed E-state index contributed by atoms with van der Waals surface area (Å²) in [5.41, 5.74) is 14.1. The van der Waals surface area contributed by atoms with Crippen molar-refractivity contribution in [2.75, 3.05) is 13.1 Å². The highest BCUT2D eigenvalue weighted by Gasteiger charge is 2.44. The van der Waals surface area contributed by atoms with Crippen molar-refractivity contribution < 1.29 is 24.3 Å². The van der Waals surface area contributed by atoms with Gasteiger partial charge < -0.3 is 37.1 Å². The van der Waals surface area contributed by atoms with E-state index < -0.39 is 41.8 Å². The number of carboxylic acids is 1. The molecule has 4 atom stereocenters. The maximum absolute atomic E-state index is 14.0. The molecule has 1 saturated heterocycles. The van der Waals surface area contributed by atoms with Crippen LogP contribution in [0, 0.1) is 5.92 Å². The number of aromatic nitrogens is 1. The lowest BCUT2D eigenvalue weighted by Gasteiger charge is -2.30. The number of aliphatic imine (C=N–C) groups is 1. The number of amides is 3. The van der Waals surface area contributed by atoms with Gasteiger partial charge in [-0.2, -0.15) is 0 Å². The molecule has 4 unspecified atom stereocenters. The van der Waals surface area contributed by atoms with E-state index in [0.29, 0.717) is 25.8 Å². The summed E-state index contributed by atoms with van der Waals surface area (Å²) in [6, 6.07) is 4.46. The number of unbranched alkanes of at least 4 members (excludes halogenated alkanes) is 1. The van der Waals surface area contributed by atoms with Crippen LogP contribution in [0.5, 0.6) is 0 Å².